The molecule has 0 radical (unpaired) electrons. The summed E-state index contributed by atoms with van der Waals surface area (Å²) in [5.74, 6) is 2.27. The van der Waals surface area contributed by atoms with Crippen molar-refractivity contribution in [1.29, 1.82) is 0 Å². The summed E-state index contributed by atoms with van der Waals surface area (Å²) in [4.78, 5) is 30.4. The van der Waals surface area contributed by atoms with Crippen LogP contribution >= 0.6 is 0 Å². The van der Waals surface area contributed by atoms with E-state index < -0.39 is 29.0 Å². The Labute approximate surface area is 390 Å². The molecule has 11 aromatic rings. The van der Waals surface area contributed by atoms with E-state index in [-0.39, 0.29) is 11.6 Å². The van der Waals surface area contributed by atoms with Crippen LogP contribution in [0.3, 0.4) is 0 Å². The largest absolute Gasteiger partial charge is 0.417 e. The van der Waals surface area contributed by atoms with Crippen LogP contribution in [0, 0.1) is 0 Å². The zero-order chi connectivity index (χ0) is 47.3. The van der Waals surface area contributed by atoms with E-state index in [0.717, 1.165) is 28.3 Å². The molecule has 0 saturated carbocycles. The van der Waals surface area contributed by atoms with Crippen LogP contribution in [0.15, 0.2) is 200 Å². The van der Waals surface area contributed by atoms with E-state index in [2.05, 4.69) is 0 Å². The van der Waals surface area contributed by atoms with Crippen molar-refractivity contribution in [2.24, 2.45) is 0 Å². The lowest BCUT2D eigenvalue weighted by atomic mass is 9.95. The fourth-order valence-electron chi connectivity index (χ4n) is 8.59. The molecule has 0 saturated heterocycles. The standard InChI is InChI=1S/C56H33F6N7/c57-55(58,59)39-29-30-40(45(33-39)56(60,61)62)38-28-31-47-44(32-38)41-24-13-14-27-46(41)69(47)48-42(53-65-49(34-16-5-1-6-17-34)63-50(66-53)35-18-7-2-8-19-35)25-15-26-43(48)54-67-51(36-20-9-3-10-21-36)64-52(68-54)37-22-11-4-12-23-37/h1-33H. The highest BCUT2D eigenvalue weighted by molar-refractivity contribution is 6.11. The minimum atomic E-state index is -5.09. The van der Waals surface area contributed by atoms with Crippen LogP contribution in [0.1, 0.15) is 11.1 Å². The van der Waals surface area contributed by atoms with Crippen LogP contribution in [0.2, 0.25) is 0 Å². The smallest absolute Gasteiger partial charge is 0.308 e. The van der Waals surface area contributed by atoms with Gasteiger partial charge in [0.05, 0.1) is 27.8 Å². The molecule has 0 aliphatic rings. The Bertz CT molecular complexity index is 3430. The molecular formula is C56H33F6N7. The molecule has 3 aromatic heterocycles. The maximum absolute atomic E-state index is 14.6. The van der Waals surface area contributed by atoms with Crippen molar-refractivity contribution in [1.82, 2.24) is 34.5 Å². The van der Waals surface area contributed by atoms with E-state index in [1.54, 1.807) is 12.1 Å². The fraction of sp³-hybridized carbons (Fsp3) is 0.0357. The van der Waals surface area contributed by atoms with Gasteiger partial charge in [-0.1, -0.05) is 158 Å². The number of rotatable bonds is 8. The van der Waals surface area contributed by atoms with E-state index in [4.69, 9.17) is 29.9 Å². The lowest BCUT2D eigenvalue weighted by Gasteiger charge is -2.19. The second-order valence-corrected chi connectivity index (χ2v) is 16.1. The highest BCUT2D eigenvalue weighted by Gasteiger charge is 2.38. The van der Waals surface area contributed by atoms with Crippen LogP contribution in [-0.2, 0) is 12.4 Å². The van der Waals surface area contributed by atoms with Crippen molar-refractivity contribution in [2.75, 3.05) is 0 Å². The molecule has 0 spiro atoms. The molecule has 0 N–H and O–H groups in total. The number of benzene rings is 8. The van der Waals surface area contributed by atoms with Crippen molar-refractivity contribution >= 4 is 21.8 Å². The minimum Gasteiger partial charge on any atom is -0.308 e. The van der Waals surface area contributed by atoms with Gasteiger partial charge in [-0.25, -0.2) is 29.9 Å². The molecule has 8 aromatic carbocycles. The average Bonchev–Trinajstić information content (AvgIpc) is 3.71. The molecule has 13 heteroatoms. The summed E-state index contributed by atoms with van der Waals surface area (Å²) >= 11 is 0. The highest BCUT2D eigenvalue weighted by Crippen LogP contribution is 2.45. The summed E-state index contributed by atoms with van der Waals surface area (Å²) in [5.41, 5.74) is 2.73. The Morgan fingerprint density at radius 1 is 0.304 bits per heavy atom. The molecular weight excluding hydrogens is 885 g/mol. The molecule has 334 valence electrons. The first kappa shape index (κ1) is 42.8. The van der Waals surface area contributed by atoms with E-state index in [9.17, 15) is 26.3 Å². The van der Waals surface area contributed by atoms with Gasteiger partial charge < -0.3 is 4.57 Å². The molecule has 0 bridgehead atoms. The SMILES string of the molecule is FC(F)(F)c1ccc(-c2ccc3c(c2)c2ccccc2n3-c2c(-c3nc(-c4ccccc4)nc(-c4ccccc4)n3)cccc2-c2nc(-c3ccccc3)nc(-c3ccccc3)n2)c(C(F)(F)F)c1. The zero-order valence-corrected chi connectivity index (χ0v) is 36.0. The lowest BCUT2D eigenvalue weighted by Crippen LogP contribution is -2.12. The molecule has 0 aliphatic heterocycles. The van der Waals surface area contributed by atoms with E-state index in [1.165, 1.54) is 6.07 Å². The zero-order valence-electron chi connectivity index (χ0n) is 36.0. The number of halogens is 6. The van der Waals surface area contributed by atoms with Gasteiger partial charge in [0.15, 0.2) is 34.9 Å². The molecule has 3 heterocycles. The van der Waals surface area contributed by atoms with Gasteiger partial charge in [0.1, 0.15) is 0 Å². The Kier molecular flexibility index (Phi) is 10.6. The predicted octanol–water partition coefficient (Wildman–Crippen LogP) is 14.9. The first-order chi connectivity index (χ1) is 33.5. The molecule has 0 unspecified atom stereocenters. The monoisotopic (exact) mass is 917 g/mol. The number of alkyl halides is 6. The number of fused-ring (bicyclic) bond motifs is 3. The molecule has 7 nitrogen and oxygen atoms in total. The maximum Gasteiger partial charge on any atom is 0.417 e. The summed E-state index contributed by atoms with van der Waals surface area (Å²) in [6, 6.07) is 57.7. The average molecular weight is 918 g/mol. The molecule has 0 atom stereocenters. The Hall–Kier alpha value is -8.84. The van der Waals surface area contributed by atoms with Gasteiger partial charge in [-0.15, -0.1) is 0 Å². The predicted molar refractivity (Wildman–Crippen MR) is 256 cm³/mol. The molecule has 69 heavy (non-hydrogen) atoms. The van der Waals surface area contributed by atoms with Gasteiger partial charge in [-0.2, -0.15) is 26.3 Å². The molecule has 0 fully saturated rings. The van der Waals surface area contributed by atoms with Crippen molar-refractivity contribution in [2.45, 2.75) is 12.4 Å². The fourth-order valence-corrected chi connectivity index (χ4v) is 8.59. The topological polar surface area (TPSA) is 82.3 Å². The number of nitrogens with zero attached hydrogens (tertiary/aromatic N) is 7. The Morgan fingerprint density at radius 3 is 1.17 bits per heavy atom. The van der Waals surface area contributed by atoms with E-state index >= 15 is 0 Å². The van der Waals surface area contributed by atoms with Gasteiger partial charge in [-0.3, -0.25) is 0 Å². The maximum atomic E-state index is 14.6. The van der Waals surface area contributed by atoms with Crippen LogP contribution in [0.4, 0.5) is 26.3 Å². The number of hydrogen-bond donors (Lipinski definition) is 0. The second-order valence-electron chi connectivity index (χ2n) is 16.1. The van der Waals surface area contributed by atoms with Gasteiger partial charge in [0.25, 0.3) is 0 Å². The van der Waals surface area contributed by atoms with Gasteiger partial charge in [-0.05, 0) is 53.6 Å². The summed E-state index contributed by atoms with van der Waals surface area (Å²) in [7, 11) is 0. The third-order valence-corrected chi connectivity index (χ3v) is 11.8. The highest BCUT2D eigenvalue weighted by atomic mass is 19.4. The third-order valence-electron chi connectivity index (χ3n) is 11.8. The van der Waals surface area contributed by atoms with Crippen LogP contribution < -0.4 is 0 Å². The van der Waals surface area contributed by atoms with Crippen LogP contribution in [0.5, 0.6) is 0 Å². The number of aromatic nitrogens is 7. The summed E-state index contributed by atoms with van der Waals surface area (Å²) in [5, 5.41) is 1.19. The lowest BCUT2D eigenvalue weighted by molar-refractivity contribution is -0.142. The summed E-state index contributed by atoms with van der Waals surface area (Å²) in [6.07, 6.45) is -10.1. The van der Waals surface area contributed by atoms with Gasteiger partial charge >= 0.3 is 12.4 Å². The molecule has 11 rings (SSSR count). The van der Waals surface area contributed by atoms with E-state index in [1.807, 2.05) is 168 Å². The molecule has 0 aliphatic carbocycles. The minimum absolute atomic E-state index is 0.0786. The van der Waals surface area contributed by atoms with E-state index in [0.29, 0.717) is 79.6 Å². The quantitative estimate of drug-likeness (QED) is 0.141. The number of para-hydroxylation sites is 2. The summed E-state index contributed by atoms with van der Waals surface area (Å²) in [6.45, 7) is 0. The number of hydrogen-bond acceptors (Lipinski definition) is 6. The van der Waals surface area contributed by atoms with Gasteiger partial charge in [0.2, 0.25) is 0 Å². The van der Waals surface area contributed by atoms with Gasteiger partial charge in [0, 0.05) is 44.2 Å². The van der Waals surface area contributed by atoms with Crippen molar-refractivity contribution in [3.8, 4) is 85.1 Å². The second kappa shape index (κ2) is 17.1. The van der Waals surface area contributed by atoms with Crippen molar-refractivity contribution in [3.63, 3.8) is 0 Å². The first-order valence-electron chi connectivity index (χ1n) is 21.7. The Morgan fingerprint density at radius 2 is 0.725 bits per heavy atom. The van der Waals surface area contributed by atoms with Crippen molar-refractivity contribution in [3.05, 3.63) is 211 Å². The molecule has 0 amide bonds. The Balaban J connectivity index is 1.23. The normalized spacial score (nSPS) is 11.9. The van der Waals surface area contributed by atoms with Crippen LogP contribution in [0.25, 0.3) is 107 Å². The van der Waals surface area contributed by atoms with Crippen molar-refractivity contribution < 1.29 is 26.3 Å². The third kappa shape index (κ3) is 8.13. The van der Waals surface area contributed by atoms with Crippen LogP contribution in [-0.4, -0.2) is 34.5 Å². The first-order valence-corrected chi connectivity index (χ1v) is 21.7. The summed E-state index contributed by atoms with van der Waals surface area (Å²) < 4.78 is 87.3.